The smallest absolute Gasteiger partial charge is 0.127 e. The van der Waals surface area contributed by atoms with Crippen LogP contribution in [0, 0.1) is 24.7 Å². The molecule has 1 fully saturated rings. The molecule has 2 aliphatic rings. The minimum Gasteiger partial charge on any atom is -0.207 e. The van der Waals surface area contributed by atoms with Crippen LogP contribution >= 0.6 is 9.24 Å². The minimum atomic E-state index is -0.0841. The summed E-state index contributed by atoms with van der Waals surface area (Å²) in [6.45, 7) is 4.40. The number of hydrogen-bond donors (Lipinski definition) is 0. The van der Waals surface area contributed by atoms with Crippen molar-refractivity contribution in [3.63, 3.8) is 0 Å². The van der Waals surface area contributed by atoms with Gasteiger partial charge in [-0.2, -0.15) is 0 Å². The van der Waals surface area contributed by atoms with E-state index in [4.69, 9.17) is 0 Å². The molecule has 0 N–H and O–H groups in total. The molecular formula is C21H26FP. The molecule has 1 aromatic rings. The van der Waals surface area contributed by atoms with Gasteiger partial charge >= 0.3 is 0 Å². The van der Waals surface area contributed by atoms with E-state index in [9.17, 15) is 4.39 Å². The van der Waals surface area contributed by atoms with Crippen LogP contribution in [0.4, 0.5) is 4.39 Å². The molecule has 0 spiro atoms. The summed E-state index contributed by atoms with van der Waals surface area (Å²) in [4.78, 5) is 0. The van der Waals surface area contributed by atoms with Crippen LogP contribution in [0.5, 0.6) is 0 Å². The van der Waals surface area contributed by atoms with Gasteiger partial charge in [0.1, 0.15) is 5.83 Å². The Labute approximate surface area is 141 Å². The zero-order valence-electron chi connectivity index (χ0n) is 14.1. The lowest BCUT2D eigenvalue weighted by molar-refractivity contribution is 0.261. The fourth-order valence-corrected chi connectivity index (χ4v) is 4.05. The highest BCUT2D eigenvalue weighted by molar-refractivity contribution is 7.23. The summed E-state index contributed by atoms with van der Waals surface area (Å²) in [7, 11) is 2.60. The molecule has 1 saturated carbocycles. The number of rotatable bonds is 2. The lowest BCUT2D eigenvalue weighted by atomic mass is 9.76. The molecule has 122 valence electrons. The van der Waals surface area contributed by atoms with E-state index < -0.39 is 0 Å². The first-order chi connectivity index (χ1) is 11.0. The molecule has 0 bridgehead atoms. The Kier molecular flexibility index (Phi) is 5.17. The van der Waals surface area contributed by atoms with E-state index in [2.05, 4.69) is 59.5 Å². The van der Waals surface area contributed by atoms with Gasteiger partial charge in [0.25, 0.3) is 0 Å². The van der Waals surface area contributed by atoms with E-state index in [0.29, 0.717) is 11.2 Å². The zero-order chi connectivity index (χ0) is 16.4. The average Bonchev–Trinajstić information content (AvgIpc) is 2.69. The maximum absolute atomic E-state index is 14.7. The number of aryl methyl sites for hydroxylation is 1. The molecular weight excluding hydrogens is 302 g/mol. The molecule has 0 nitrogen and oxygen atoms in total. The molecule has 3 rings (SSSR count). The van der Waals surface area contributed by atoms with Gasteiger partial charge in [-0.05, 0) is 48.8 Å². The fraction of sp³-hybridized carbons (Fsp3) is 0.429. The largest absolute Gasteiger partial charge is 0.207 e. The first-order valence-corrected chi connectivity index (χ1v) is 9.25. The van der Waals surface area contributed by atoms with Crippen molar-refractivity contribution in [1.29, 1.82) is 0 Å². The Balaban J connectivity index is 1.86. The molecule has 0 amide bonds. The molecule has 2 unspecified atom stereocenters. The lowest BCUT2D eigenvalue weighted by Gasteiger charge is -2.29. The lowest BCUT2D eigenvalue weighted by Crippen LogP contribution is -2.18. The summed E-state index contributed by atoms with van der Waals surface area (Å²) in [5.74, 6) is 1.55. The van der Waals surface area contributed by atoms with E-state index in [1.165, 1.54) is 31.2 Å². The van der Waals surface area contributed by atoms with Crippen LogP contribution in [0.2, 0.25) is 0 Å². The molecule has 2 heteroatoms. The standard InChI is InChI=1S/C21H26FP/c1-14-3-7-16(8-4-14)18-11-12-19(21(23)20(22)13-18)17-9-5-15(2)6-10-17/h5-6,9-14,16,18H,3-4,7-8,23H2,1-2H3. The molecule has 1 aromatic carbocycles. The van der Waals surface area contributed by atoms with Gasteiger partial charge in [-0.15, -0.1) is 9.24 Å². The summed E-state index contributed by atoms with van der Waals surface area (Å²) in [6, 6.07) is 8.32. The molecule has 23 heavy (non-hydrogen) atoms. The third kappa shape index (κ3) is 3.83. The number of allylic oxidation sites excluding steroid dienone is 6. The molecule has 0 aromatic heterocycles. The summed E-state index contributed by atoms with van der Waals surface area (Å²) in [5.41, 5.74) is 3.29. The summed E-state index contributed by atoms with van der Waals surface area (Å²) < 4.78 is 14.7. The van der Waals surface area contributed by atoms with E-state index in [1.54, 1.807) is 0 Å². The first-order valence-electron chi connectivity index (χ1n) is 8.67. The van der Waals surface area contributed by atoms with Crippen LogP contribution in [0.3, 0.4) is 0 Å². The predicted molar refractivity (Wildman–Crippen MR) is 101 cm³/mol. The Morgan fingerprint density at radius 2 is 1.70 bits per heavy atom. The highest BCUT2D eigenvalue weighted by Crippen LogP contribution is 2.40. The Hall–Kier alpha value is -1.20. The van der Waals surface area contributed by atoms with Gasteiger partial charge < -0.3 is 0 Å². The van der Waals surface area contributed by atoms with Crippen molar-refractivity contribution in [2.75, 3.05) is 0 Å². The number of halogens is 1. The zero-order valence-corrected chi connectivity index (χ0v) is 15.2. The summed E-state index contributed by atoms with van der Waals surface area (Å²) in [6.07, 6.45) is 11.1. The third-order valence-electron chi connectivity index (χ3n) is 5.34. The highest BCUT2D eigenvalue weighted by atomic mass is 31.0. The molecule has 2 aliphatic carbocycles. The van der Waals surface area contributed by atoms with Gasteiger partial charge in [0.2, 0.25) is 0 Å². The van der Waals surface area contributed by atoms with Crippen molar-refractivity contribution >= 4 is 14.8 Å². The monoisotopic (exact) mass is 328 g/mol. The van der Waals surface area contributed by atoms with Crippen LogP contribution < -0.4 is 0 Å². The van der Waals surface area contributed by atoms with Gasteiger partial charge in [0.15, 0.2) is 0 Å². The molecule has 0 heterocycles. The second kappa shape index (κ2) is 7.14. The van der Waals surface area contributed by atoms with Crippen LogP contribution in [0.1, 0.15) is 43.7 Å². The van der Waals surface area contributed by atoms with Crippen LogP contribution in [-0.2, 0) is 0 Å². The van der Waals surface area contributed by atoms with Crippen LogP contribution in [-0.4, -0.2) is 0 Å². The van der Waals surface area contributed by atoms with Crippen LogP contribution in [0.15, 0.2) is 53.6 Å². The Morgan fingerprint density at radius 3 is 2.35 bits per heavy atom. The topological polar surface area (TPSA) is 0 Å². The van der Waals surface area contributed by atoms with Crippen molar-refractivity contribution in [3.05, 3.63) is 64.8 Å². The highest BCUT2D eigenvalue weighted by Gasteiger charge is 2.25. The van der Waals surface area contributed by atoms with Gasteiger partial charge in [0, 0.05) is 11.2 Å². The van der Waals surface area contributed by atoms with E-state index in [-0.39, 0.29) is 11.7 Å². The predicted octanol–water partition coefficient (Wildman–Crippen LogP) is 6.45. The van der Waals surface area contributed by atoms with Crippen molar-refractivity contribution in [3.8, 4) is 0 Å². The fourth-order valence-electron chi connectivity index (χ4n) is 3.69. The average molecular weight is 328 g/mol. The summed E-state index contributed by atoms with van der Waals surface area (Å²) in [5, 5.41) is 0.678. The van der Waals surface area contributed by atoms with E-state index in [0.717, 1.165) is 17.1 Å². The van der Waals surface area contributed by atoms with E-state index >= 15 is 0 Å². The number of benzene rings is 1. The second-order valence-electron chi connectivity index (χ2n) is 7.16. The molecule has 0 radical (unpaired) electrons. The van der Waals surface area contributed by atoms with Gasteiger partial charge in [-0.3, -0.25) is 0 Å². The van der Waals surface area contributed by atoms with Crippen molar-refractivity contribution in [2.45, 2.75) is 39.5 Å². The molecule has 0 aliphatic heterocycles. The van der Waals surface area contributed by atoms with Crippen molar-refractivity contribution in [2.24, 2.45) is 17.8 Å². The minimum absolute atomic E-state index is 0.0841. The second-order valence-corrected chi connectivity index (χ2v) is 7.74. The van der Waals surface area contributed by atoms with Gasteiger partial charge in [-0.25, -0.2) is 4.39 Å². The number of hydrogen-bond acceptors (Lipinski definition) is 0. The van der Waals surface area contributed by atoms with Crippen molar-refractivity contribution < 1.29 is 4.39 Å². The molecule has 2 atom stereocenters. The Bertz CT molecular complexity index is 643. The maximum Gasteiger partial charge on any atom is 0.127 e. The quantitative estimate of drug-likeness (QED) is 0.547. The summed E-state index contributed by atoms with van der Waals surface area (Å²) >= 11 is 0. The first kappa shape index (κ1) is 16.7. The maximum atomic E-state index is 14.7. The van der Waals surface area contributed by atoms with Gasteiger partial charge in [-0.1, -0.05) is 61.7 Å². The van der Waals surface area contributed by atoms with Gasteiger partial charge in [0.05, 0.1) is 0 Å². The normalized spacial score (nSPS) is 28.5. The SMILES string of the molecule is Cc1ccc(C2=C(P)C(F)=CC(C3CCC(C)CC3)C=C2)cc1. The third-order valence-corrected chi connectivity index (χ3v) is 5.93. The molecule has 0 saturated heterocycles. The van der Waals surface area contributed by atoms with Crippen molar-refractivity contribution in [1.82, 2.24) is 0 Å². The van der Waals surface area contributed by atoms with Crippen LogP contribution in [0.25, 0.3) is 5.57 Å². The Morgan fingerprint density at radius 1 is 1.04 bits per heavy atom. The van der Waals surface area contributed by atoms with E-state index in [1.807, 2.05) is 6.08 Å².